The van der Waals surface area contributed by atoms with Gasteiger partial charge in [0.25, 0.3) is 5.91 Å². The Balaban J connectivity index is 2.28. The zero-order valence-electron chi connectivity index (χ0n) is 10.8. The van der Waals surface area contributed by atoms with E-state index < -0.39 is 0 Å². The number of aliphatic imine (C=N–C) groups is 1. The molecule has 1 amide bonds. The van der Waals surface area contributed by atoms with Crippen molar-refractivity contribution in [3.63, 3.8) is 0 Å². The highest BCUT2D eigenvalue weighted by Crippen LogP contribution is 2.32. The molecule has 1 aliphatic heterocycles. The van der Waals surface area contributed by atoms with Gasteiger partial charge in [0.2, 0.25) is 0 Å². The molecular weight excluding hydrogens is 248 g/mol. The van der Waals surface area contributed by atoms with Crippen LogP contribution in [0.2, 0.25) is 0 Å². The van der Waals surface area contributed by atoms with Gasteiger partial charge in [-0.1, -0.05) is 0 Å². The number of thioether (sulfide) groups is 1. The number of amides is 1. The summed E-state index contributed by atoms with van der Waals surface area (Å²) in [6, 6.07) is 3.75. The van der Waals surface area contributed by atoms with Crippen LogP contribution in [0.5, 0.6) is 0 Å². The van der Waals surface area contributed by atoms with E-state index in [-0.39, 0.29) is 5.91 Å². The minimum Gasteiger partial charge on any atom is -0.462 e. The molecule has 0 atom stereocenters. The molecule has 0 unspecified atom stereocenters. The molecule has 1 fully saturated rings. The number of carbonyl (C=O) groups is 1. The lowest BCUT2D eigenvalue weighted by molar-refractivity contribution is -0.122. The van der Waals surface area contributed by atoms with Crippen molar-refractivity contribution in [1.82, 2.24) is 4.90 Å². The van der Waals surface area contributed by atoms with Crippen molar-refractivity contribution in [1.29, 1.82) is 0 Å². The Kier molecular flexibility index (Phi) is 3.91. The average molecular weight is 264 g/mol. The standard InChI is InChI=1S/C13H16N2O2S/c1-4-14-13-15(5-2)12(16)11(18-13)8-10-7-6-9(3)17-10/h6-8H,4-5H2,1-3H3/b11-8+,14-13?. The number of carbonyl (C=O) groups excluding carboxylic acids is 1. The number of aryl methyl sites for hydroxylation is 1. The predicted octanol–water partition coefficient (Wildman–Crippen LogP) is 2.90. The van der Waals surface area contributed by atoms with Gasteiger partial charge >= 0.3 is 0 Å². The van der Waals surface area contributed by atoms with Gasteiger partial charge in [0.1, 0.15) is 11.5 Å². The van der Waals surface area contributed by atoms with Crippen LogP contribution in [-0.4, -0.2) is 29.1 Å². The Hall–Kier alpha value is -1.49. The zero-order chi connectivity index (χ0) is 13.1. The second-order valence-corrected chi connectivity index (χ2v) is 4.87. The summed E-state index contributed by atoms with van der Waals surface area (Å²) in [5.74, 6) is 1.55. The molecule has 2 heterocycles. The number of nitrogens with zero attached hydrogens (tertiary/aromatic N) is 2. The van der Waals surface area contributed by atoms with Crippen molar-refractivity contribution in [3.05, 3.63) is 28.6 Å². The average Bonchev–Trinajstić information content (AvgIpc) is 2.86. The highest BCUT2D eigenvalue weighted by atomic mass is 32.2. The van der Waals surface area contributed by atoms with Gasteiger partial charge in [0, 0.05) is 19.2 Å². The van der Waals surface area contributed by atoms with Crippen LogP contribution in [0.25, 0.3) is 6.08 Å². The molecule has 5 heteroatoms. The molecule has 18 heavy (non-hydrogen) atoms. The van der Waals surface area contributed by atoms with Gasteiger partial charge < -0.3 is 4.42 Å². The number of hydrogen-bond donors (Lipinski definition) is 0. The fourth-order valence-electron chi connectivity index (χ4n) is 1.70. The van der Waals surface area contributed by atoms with Crippen LogP contribution < -0.4 is 0 Å². The Bertz CT molecular complexity index is 517. The summed E-state index contributed by atoms with van der Waals surface area (Å²) in [5.41, 5.74) is 0. The van der Waals surface area contributed by atoms with E-state index in [1.807, 2.05) is 32.9 Å². The quantitative estimate of drug-likeness (QED) is 0.789. The van der Waals surface area contributed by atoms with Gasteiger partial charge in [-0.05, 0) is 44.7 Å². The van der Waals surface area contributed by atoms with E-state index in [0.29, 0.717) is 23.8 Å². The molecule has 0 N–H and O–H groups in total. The molecule has 0 aliphatic carbocycles. The summed E-state index contributed by atoms with van der Waals surface area (Å²) in [6.45, 7) is 7.11. The minimum absolute atomic E-state index is 0.00348. The van der Waals surface area contributed by atoms with Crippen molar-refractivity contribution in [2.24, 2.45) is 4.99 Å². The van der Waals surface area contributed by atoms with E-state index in [9.17, 15) is 4.79 Å². The van der Waals surface area contributed by atoms with Crippen molar-refractivity contribution in [2.45, 2.75) is 20.8 Å². The van der Waals surface area contributed by atoms with Crippen LogP contribution in [0, 0.1) is 6.92 Å². The lowest BCUT2D eigenvalue weighted by Gasteiger charge is -2.11. The maximum Gasteiger partial charge on any atom is 0.266 e. The lowest BCUT2D eigenvalue weighted by Crippen LogP contribution is -2.28. The third-order valence-electron chi connectivity index (χ3n) is 2.53. The first-order chi connectivity index (χ1) is 8.65. The normalized spacial score (nSPS) is 20.4. The van der Waals surface area contributed by atoms with Crippen molar-refractivity contribution in [2.75, 3.05) is 13.1 Å². The number of hydrogen-bond acceptors (Lipinski definition) is 4. The SMILES string of the molecule is CCN=C1S/C(=C/c2ccc(C)o2)C(=O)N1CC. The first-order valence-corrected chi connectivity index (χ1v) is 6.79. The molecule has 2 rings (SSSR count). The molecule has 1 aliphatic rings. The number of rotatable bonds is 3. The first-order valence-electron chi connectivity index (χ1n) is 5.98. The molecule has 1 saturated heterocycles. The number of furan rings is 1. The van der Waals surface area contributed by atoms with E-state index in [1.54, 1.807) is 11.0 Å². The zero-order valence-corrected chi connectivity index (χ0v) is 11.6. The van der Waals surface area contributed by atoms with Crippen molar-refractivity contribution < 1.29 is 9.21 Å². The fraction of sp³-hybridized carbons (Fsp3) is 0.385. The molecular formula is C13H16N2O2S. The van der Waals surface area contributed by atoms with Crippen LogP contribution in [0.1, 0.15) is 25.4 Å². The fourth-order valence-corrected chi connectivity index (χ4v) is 2.79. The Morgan fingerprint density at radius 3 is 2.78 bits per heavy atom. The van der Waals surface area contributed by atoms with Gasteiger partial charge in [0.05, 0.1) is 4.91 Å². The van der Waals surface area contributed by atoms with E-state index in [4.69, 9.17) is 4.42 Å². The molecule has 0 spiro atoms. The molecule has 0 radical (unpaired) electrons. The van der Waals surface area contributed by atoms with E-state index in [1.165, 1.54) is 11.8 Å². The molecule has 4 nitrogen and oxygen atoms in total. The predicted molar refractivity (Wildman–Crippen MR) is 74.4 cm³/mol. The summed E-state index contributed by atoms with van der Waals surface area (Å²) in [7, 11) is 0. The number of amidine groups is 1. The van der Waals surface area contributed by atoms with Gasteiger partial charge in [-0.25, -0.2) is 0 Å². The summed E-state index contributed by atoms with van der Waals surface area (Å²) in [4.78, 5) is 18.8. The van der Waals surface area contributed by atoms with Crippen LogP contribution in [0.15, 0.2) is 26.4 Å². The topological polar surface area (TPSA) is 45.8 Å². The maximum atomic E-state index is 12.1. The van der Waals surface area contributed by atoms with E-state index in [0.717, 1.165) is 10.9 Å². The molecule has 1 aromatic rings. The van der Waals surface area contributed by atoms with Crippen LogP contribution >= 0.6 is 11.8 Å². The van der Waals surface area contributed by atoms with Gasteiger partial charge in [-0.15, -0.1) is 0 Å². The smallest absolute Gasteiger partial charge is 0.266 e. The largest absolute Gasteiger partial charge is 0.462 e. The summed E-state index contributed by atoms with van der Waals surface area (Å²) in [5, 5.41) is 0.777. The second kappa shape index (κ2) is 5.44. The van der Waals surface area contributed by atoms with Crippen molar-refractivity contribution in [3.8, 4) is 0 Å². The van der Waals surface area contributed by atoms with Crippen LogP contribution in [0.4, 0.5) is 0 Å². The minimum atomic E-state index is 0.00348. The summed E-state index contributed by atoms with van der Waals surface area (Å²) >= 11 is 1.41. The monoisotopic (exact) mass is 264 g/mol. The molecule has 0 saturated carbocycles. The third-order valence-corrected chi connectivity index (χ3v) is 3.58. The maximum absolute atomic E-state index is 12.1. The van der Waals surface area contributed by atoms with Gasteiger partial charge in [0.15, 0.2) is 5.17 Å². The van der Waals surface area contributed by atoms with Gasteiger partial charge in [-0.2, -0.15) is 0 Å². The van der Waals surface area contributed by atoms with Gasteiger partial charge in [-0.3, -0.25) is 14.7 Å². The molecule has 1 aromatic heterocycles. The molecule has 0 bridgehead atoms. The van der Waals surface area contributed by atoms with Crippen LogP contribution in [-0.2, 0) is 4.79 Å². The second-order valence-electron chi connectivity index (χ2n) is 3.87. The summed E-state index contributed by atoms with van der Waals surface area (Å²) < 4.78 is 5.46. The van der Waals surface area contributed by atoms with E-state index in [2.05, 4.69) is 4.99 Å². The lowest BCUT2D eigenvalue weighted by atomic mass is 10.3. The third kappa shape index (κ3) is 2.51. The summed E-state index contributed by atoms with van der Waals surface area (Å²) in [6.07, 6.45) is 1.78. The molecule has 0 aromatic carbocycles. The van der Waals surface area contributed by atoms with E-state index >= 15 is 0 Å². The highest BCUT2D eigenvalue weighted by Gasteiger charge is 2.31. The molecule has 96 valence electrons. The highest BCUT2D eigenvalue weighted by molar-refractivity contribution is 8.18. The Morgan fingerprint density at radius 1 is 1.44 bits per heavy atom. The number of likely N-dealkylation sites (N-methyl/N-ethyl adjacent to an activating group) is 1. The first kappa shape index (κ1) is 13.0. The Labute approximate surface area is 111 Å². The van der Waals surface area contributed by atoms with Crippen molar-refractivity contribution >= 4 is 28.9 Å². The Morgan fingerprint density at radius 2 is 2.22 bits per heavy atom. The van der Waals surface area contributed by atoms with Crippen LogP contribution in [0.3, 0.4) is 0 Å².